The van der Waals surface area contributed by atoms with E-state index in [9.17, 15) is 4.79 Å². The van der Waals surface area contributed by atoms with Gasteiger partial charge in [0.15, 0.2) is 5.17 Å². The second-order valence-electron chi connectivity index (χ2n) is 6.51. The highest BCUT2D eigenvalue weighted by Gasteiger charge is 2.36. The third-order valence-corrected chi connectivity index (χ3v) is 5.48. The number of thioether (sulfide) groups is 1. The number of aliphatic imine (C=N–C) groups is 1. The third kappa shape index (κ3) is 3.81. The van der Waals surface area contributed by atoms with E-state index in [0.717, 1.165) is 22.0 Å². The van der Waals surface area contributed by atoms with Gasteiger partial charge in [-0.1, -0.05) is 90.1 Å². The number of nitrogens with zero attached hydrogens (tertiary/aromatic N) is 2. The molecule has 0 saturated carbocycles. The number of carbonyl (C=O) groups is 1. The van der Waals surface area contributed by atoms with Gasteiger partial charge in [0.05, 0.1) is 17.5 Å². The van der Waals surface area contributed by atoms with Gasteiger partial charge in [0, 0.05) is 0 Å². The first-order valence-corrected chi connectivity index (χ1v) is 9.91. The molecule has 0 radical (unpaired) electrons. The maximum atomic E-state index is 12.9. The Balaban J connectivity index is 1.81. The second kappa shape index (κ2) is 7.80. The molecular formula is C23H20N2OS. The molecule has 134 valence electrons. The molecule has 1 aliphatic heterocycles. The van der Waals surface area contributed by atoms with E-state index < -0.39 is 0 Å². The van der Waals surface area contributed by atoms with E-state index in [4.69, 9.17) is 4.99 Å². The van der Waals surface area contributed by atoms with Gasteiger partial charge in [0.25, 0.3) is 0 Å². The molecule has 1 unspecified atom stereocenters. The molecule has 1 amide bonds. The minimum absolute atomic E-state index is 0.0871. The van der Waals surface area contributed by atoms with Crippen molar-refractivity contribution in [2.75, 3.05) is 5.75 Å². The van der Waals surface area contributed by atoms with E-state index in [1.54, 1.807) is 0 Å². The quantitative estimate of drug-likeness (QED) is 0.619. The van der Waals surface area contributed by atoms with E-state index in [-0.39, 0.29) is 11.9 Å². The first-order valence-electron chi connectivity index (χ1n) is 8.92. The van der Waals surface area contributed by atoms with Crippen LogP contribution >= 0.6 is 11.8 Å². The van der Waals surface area contributed by atoms with Crippen LogP contribution in [-0.2, 0) is 4.79 Å². The van der Waals surface area contributed by atoms with E-state index in [1.165, 1.54) is 17.3 Å². The molecule has 1 heterocycles. The van der Waals surface area contributed by atoms with Crippen molar-refractivity contribution in [2.45, 2.75) is 13.0 Å². The van der Waals surface area contributed by atoms with Crippen LogP contribution in [0.3, 0.4) is 0 Å². The first-order chi connectivity index (χ1) is 13.2. The van der Waals surface area contributed by atoms with Crippen molar-refractivity contribution in [1.29, 1.82) is 0 Å². The summed E-state index contributed by atoms with van der Waals surface area (Å²) in [5, 5.41) is 0.751. The summed E-state index contributed by atoms with van der Waals surface area (Å²) >= 11 is 1.50. The van der Waals surface area contributed by atoms with Gasteiger partial charge in [-0.2, -0.15) is 0 Å². The van der Waals surface area contributed by atoms with Crippen LogP contribution in [0.15, 0.2) is 89.9 Å². The zero-order valence-electron chi connectivity index (χ0n) is 15.1. The van der Waals surface area contributed by atoms with Gasteiger partial charge in [0.2, 0.25) is 5.91 Å². The van der Waals surface area contributed by atoms with Crippen molar-refractivity contribution in [3.8, 4) is 0 Å². The SMILES string of the molecule is Cc1ccc(C(c2ccccc2)N2C(=O)CSC2=Nc2ccccc2)cc1. The van der Waals surface area contributed by atoms with Crippen LogP contribution in [0.1, 0.15) is 22.7 Å². The van der Waals surface area contributed by atoms with Crippen LogP contribution < -0.4 is 0 Å². The van der Waals surface area contributed by atoms with Crippen LogP contribution in [-0.4, -0.2) is 21.7 Å². The van der Waals surface area contributed by atoms with Crippen molar-refractivity contribution in [3.63, 3.8) is 0 Å². The molecule has 1 saturated heterocycles. The van der Waals surface area contributed by atoms with Gasteiger partial charge in [0.1, 0.15) is 0 Å². The Morgan fingerprint density at radius 3 is 2.11 bits per heavy atom. The molecule has 3 nitrogen and oxygen atoms in total. The fourth-order valence-corrected chi connectivity index (χ4v) is 4.11. The lowest BCUT2D eigenvalue weighted by atomic mass is 9.96. The van der Waals surface area contributed by atoms with Gasteiger partial charge in [-0.05, 0) is 30.2 Å². The van der Waals surface area contributed by atoms with Crippen LogP contribution in [0.5, 0.6) is 0 Å². The molecule has 3 aromatic rings. The zero-order valence-corrected chi connectivity index (χ0v) is 15.9. The Bertz CT molecular complexity index is 953. The lowest BCUT2D eigenvalue weighted by Crippen LogP contribution is -2.34. The van der Waals surface area contributed by atoms with Crippen molar-refractivity contribution in [2.24, 2.45) is 4.99 Å². The normalized spacial score (nSPS) is 16.7. The monoisotopic (exact) mass is 372 g/mol. The molecule has 1 atom stereocenters. The van der Waals surface area contributed by atoms with Crippen LogP contribution in [0.2, 0.25) is 0 Å². The highest BCUT2D eigenvalue weighted by molar-refractivity contribution is 8.15. The predicted octanol–water partition coefficient (Wildman–Crippen LogP) is 5.35. The Kier molecular flexibility index (Phi) is 5.07. The summed E-state index contributed by atoms with van der Waals surface area (Å²) in [5.74, 6) is 0.505. The third-order valence-electron chi connectivity index (χ3n) is 4.55. The van der Waals surface area contributed by atoms with E-state index in [0.29, 0.717) is 5.75 Å². The van der Waals surface area contributed by atoms with Gasteiger partial charge in [-0.15, -0.1) is 0 Å². The number of aryl methyl sites for hydroxylation is 1. The average Bonchev–Trinajstić information content (AvgIpc) is 3.05. The highest BCUT2D eigenvalue weighted by Crippen LogP contribution is 2.36. The number of rotatable bonds is 4. The van der Waals surface area contributed by atoms with E-state index in [2.05, 4.69) is 43.3 Å². The number of hydrogen-bond acceptors (Lipinski definition) is 3. The van der Waals surface area contributed by atoms with Crippen molar-refractivity contribution >= 4 is 28.5 Å². The highest BCUT2D eigenvalue weighted by atomic mass is 32.2. The molecule has 1 aliphatic rings. The summed E-state index contributed by atoms with van der Waals surface area (Å²) in [4.78, 5) is 19.5. The molecular weight excluding hydrogens is 352 g/mol. The minimum Gasteiger partial charge on any atom is -0.279 e. The van der Waals surface area contributed by atoms with Gasteiger partial charge in [-0.25, -0.2) is 4.99 Å². The molecule has 4 rings (SSSR count). The lowest BCUT2D eigenvalue weighted by Gasteiger charge is -2.28. The molecule has 0 bridgehead atoms. The number of hydrogen-bond donors (Lipinski definition) is 0. The fraction of sp³-hybridized carbons (Fsp3) is 0.130. The Morgan fingerprint density at radius 2 is 1.44 bits per heavy atom. The largest absolute Gasteiger partial charge is 0.279 e. The zero-order chi connectivity index (χ0) is 18.6. The number of para-hydroxylation sites is 1. The molecule has 0 aromatic heterocycles. The second-order valence-corrected chi connectivity index (χ2v) is 7.45. The van der Waals surface area contributed by atoms with Gasteiger partial charge in [-0.3, -0.25) is 9.69 Å². The minimum atomic E-state index is -0.184. The molecule has 0 N–H and O–H groups in total. The van der Waals surface area contributed by atoms with Crippen molar-refractivity contribution in [3.05, 3.63) is 102 Å². The number of amides is 1. The molecule has 3 aromatic carbocycles. The smallest absolute Gasteiger partial charge is 0.239 e. The van der Waals surface area contributed by atoms with Crippen LogP contribution in [0, 0.1) is 6.92 Å². The summed E-state index contributed by atoms with van der Waals surface area (Å²) in [7, 11) is 0. The van der Waals surface area contributed by atoms with Gasteiger partial charge >= 0.3 is 0 Å². The molecule has 4 heteroatoms. The van der Waals surface area contributed by atoms with E-state index in [1.807, 2.05) is 53.4 Å². The summed E-state index contributed by atoms with van der Waals surface area (Å²) in [5.41, 5.74) is 4.22. The Hall–Kier alpha value is -2.85. The standard InChI is InChI=1S/C23H20N2OS/c1-17-12-14-19(15-13-17)22(18-8-4-2-5-9-18)25-21(26)16-27-23(25)24-20-10-6-3-7-11-20/h2-15,22H,16H2,1H3. The number of benzene rings is 3. The maximum Gasteiger partial charge on any atom is 0.239 e. The molecule has 1 fully saturated rings. The molecule has 0 aliphatic carbocycles. The average molecular weight is 372 g/mol. The van der Waals surface area contributed by atoms with Crippen molar-refractivity contribution in [1.82, 2.24) is 4.90 Å². The van der Waals surface area contributed by atoms with Gasteiger partial charge < -0.3 is 0 Å². The maximum absolute atomic E-state index is 12.9. The summed E-state index contributed by atoms with van der Waals surface area (Å²) in [6.07, 6.45) is 0. The lowest BCUT2D eigenvalue weighted by molar-refractivity contribution is -0.125. The molecule has 0 spiro atoms. The topological polar surface area (TPSA) is 32.7 Å². The Morgan fingerprint density at radius 1 is 0.852 bits per heavy atom. The summed E-state index contributed by atoms with van der Waals surface area (Å²) < 4.78 is 0. The molecule has 27 heavy (non-hydrogen) atoms. The number of amidine groups is 1. The Labute approximate surface area is 163 Å². The summed E-state index contributed by atoms with van der Waals surface area (Å²) in [6, 6.07) is 28.2. The first kappa shape index (κ1) is 17.6. The predicted molar refractivity (Wildman–Crippen MR) is 112 cm³/mol. The summed E-state index contributed by atoms with van der Waals surface area (Å²) in [6.45, 7) is 2.07. The fourth-order valence-electron chi connectivity index (χ4n) is 3.20. The van der Waals surface area contributed by atoms with Crippen molar-refractivity contribution < 1.29 is 4.79 Å². The van der Waals surface area contributed by atoms with E-state index >= 15 is 0 Å². The van der Waals surface area contributed by atoms with Crippen LogP contribution in [0.25, 0.3) is 0 Å². The number of carbonyl (C=O) groups excluding carboxylic acids is 1. The van der Waals surface area contributed by atoms with Crippen LogP contribution in [0.4, 0.5) is 5.69 Å².